The van der Waals surface area contributed by atoms with Gasteiger partial charge in [-0.2, -0.15) is 0 Å². The second-order valence-corrected chi connectivity index (χ2v) is 13.0. The van der Waals surface area contributed by atoms with Gasteiger partial charge in [-0.1, -0.05) is 90.9 Å². The van der Waals surface area contributed by atoms with E-state index in [1.165, 1.54) is 89.7 Å². The molecule has 2 aliphatic carbocycles. The monoisotopic (exact) mass is 426 g/mol. The molecule has 0 N–H and O–H groups in total. The van der Waals surface area contributed by atoms with Crippen LogP contribution in [0.15, 0.2) is 0 Å². The second kappa shape index (κ2) is 12.7. The van der Waals surface area contributed by atoms with Crippen LogP contribution >= 0.6 is 0 Å². The third-order valence-corrected chi connectivity index (χ3v) is 10.7. The first-order valence-electron chi connectivity index (χ1n) is 13.1. The molecule has 2 rings (SSSR count). The van der Waals surface area contributed by atoms with Crippen molar-refractivity contribution in [2.75, 3.05) is 6.26 Å². The molecule has 0 aromatic rings. The van der Waals surface area contributed by atoms with E-state index in [4.69, 9.17) is 0 Å². The number of hydrogen-bond acceptors (Lipinski definition) is 2. The van der Waals surface area contributed by atoms with Gasteiger partial charge in [0.1, 0.15) is 0 Å². The smallest absolute Gasteiger partial charge is 0.153 e. The van der Waals surface area contributed by atoms with E-state index in [2.05, 4.69) is 13.8 Å². The van der Waals surface area contributed by atoms with Crippen LogP contribution in [0.5, 0.6) is 0 Å². The summed E-state index contributed by atoms with van der Waals surface area (Å²) in [5, 5.41) is 0. The zero-order valence-electron chi connectivity index (χ0n) is 19.9. The van der Waals surface area contributed by atoms with Crippen LogP contribution in [0, 0.1) is 17.8 Å². The number of rotatable bonds is 13. The predicted molar refractivity (Wildman–Crippen MR) is 127 cm³/mol. The average molecular weight is 427 g/mol. The Bertz CT molecular complexity index is 523. The standard InChI is InChI=1S/C26H50O2S/c1-4-6-8-10-11-13-23-14-16-24(17-15-23)25-18-21-26(22-19-25,29(3,27)28)20-12-9-7-5-2/h23-25H,4-22H2,1-3H3. The van der Waals surface area contributed by atoms with Crippen molar-refractivity contribution in [2.24, 2.45) is 17.8 Å². The van der Waals surface area contributed by atoms with Gasteiger partial charge < -0.3 is 0 Å². The molecule has 0 aliphatic heterocycles. The fraction of sp³-hybridized carbons (Fsp3) is 1.00. The minimum atomic E-state index is -2.95. The van der Waals surface area contributed by atoms with E-state index in [1.54, 1.807) is 0 Å². The van der Waals surface area contributed by atoms with Crippen molar-refractivity contribution >= 4 is 9.84 Å². The summed E-state index contributed by atoms with van der Waals surface area (Å²) >= 11 is 0. The van der Waals surface area contributed by atoms with E-state index in [0.29, 0.717) is 0 Å². The molecule has 0 bridgehead atoms. The Hall–Kier alpha value is -0.0500. The zero-order chi connectivity index (χ0) is 21.2. The Morgan fingerprint density at radius 1 is 0.690 bits per heavy atom. The normalized spacial score (nSPS) is 31.1. The summed E-state index contributed by atoms with van der Waals surface area (Å²) in [6.07, 6.45) is 25.5. The summed E-state index contributed by atoms with van der Waals surface area (Å²) in [5.41, 5.74) is 0. The molecule has 0 aromatic heterocycles. The van der Waals surface area contributed by atoms with Crippen molar-refractivity contribution in [2.45, 2.75) is 141 Å². The van der Waals surface area contributed by atoms with Gasteiger partial charge in [-0.15, -0.1) is 0 Å². The summed E-state index contributed by atoms with van der Waals surface area (Å²) < 4.78 is 24.9. The van der Waals surface area contributed by atoms with Gasteiger partial charge in [-0.05, 0) is 62.7 Å². The largest absolute Gasteiger partial charge is 0.229 e. The SMILES string of the molecule is CCCCCCCC1CCC(C2CCC(CCCCCC)(S(C)(=O)=O)CC2)CC1. The highest BCUT2D eigenvalue weighted by Gasteiger charge is 2.44. The summed E-state index contributed by atoms with van der Waals surface area (Å²) in [7, 11) is -2.95. The lowest BCUT2D eigenvalue weighted by atomic mass is 9.68. The third-order valence-electron chi connectivity index (χ3n) is 8.49. The van der Waals surface area contributed by atoms with E-state index < -0.39 is 14.6 Å². The topological polar surface area (TPSA) is 34.1 Å². The van der Waals surface area contributed by atoms with Crippen LogP contribution in [0.4, 0.5) is 0 Å². The zero-order valence-corrected chi connectivity index (χ0v) is 20.7. The average Bonchev–Trinajstić information content (AvgIpc) is 2.71. The van der Waals surface area contributed by atoms with Gasteiger partial charge in [0.05, 0.1) is 4.75 Å². The molecule has 0 radical (unpaired) electrons. The van der Waals surface area contributed by atoms with Gasteiger partial charge in [0, 0.05) is 6.26 Å². The predicted octanol–water partition coefficient (Wildman–Crippen LogP) is 8.10. The summed E-state index contributed by atoms with van der Waals surface area (Å²) in [4.78, 5) is 0. The molecule has 0 atom stereocenters. The molecule has 172 valence electrons. The highest BCUT2D eigenvalue weighted by atomic mass is 32.2. The molecule has 3 heteroatoms. The maximum Gasteiger partial charge on any atom is 0.153 e. The Balaban J connectivity index is 1.74. The molecule has 0 heterocycles. The molecule has 0 saturated heterocycles. The van der Waals surface area contributed by atoms with Crippen LogP contribution in [-0.4, -0.2) is 19.4 Å². The van der Waals surface area contributed by atoms with Gasteiger partial charge >= 0.3 is 0 Å². The molecule has 2 fully saturated rings. The minimum absolute atomic E-state index is 0.396. The van der Waals surface area contributed by atoms with Crippen LogP contribution < -0.4 is 0 Å². The fourth-order valence-corrected chi connectivity index (χ4v) is 7.80. The summed E-state index contributed by atoms with van der Waals surface area (Å²) in [6, 6.07) is 0. The van der Waals surface area contributed by atoms with E-state index in [9.17, 15) is 8.42 Å². The Morgan fingerprint density at radius 2 is 1.21 bits per heavy atom. The molecule has 2 aliphatic rings. The Morgan fingerprint density at radius 3 is 1.76 bits per heavy atom. The highest BCUT2D eigenvalue weighted by Crippen LogP contribution is 2.47. The van der Waals surface area contributed by atoms with Crippen molar-refractivity contribution in [1.82, 2.24) is 0 Å². The third kappa shape index (κ3) is 7.86. The van der Waals surface area contributed by atoms with E-state index in [0.717, 1.165) is 56.3 Å². The van der Waals surface area contributed by atoms with Crippen molar-refractivity contribution in [3.8, 4) is 0 Å². The van der Waals surface area contributed by atoms with Gasteiger partial charge in [0.2, 0.25) is 0 Å². The summed E-state index contributed by atoms with van der Waals surface area (Å²) in [5.74, 6) is 2.65. The molecule has 2 nitrogen and oxygen atoms in total. The molecule has 0 unspecified atom stereocenters. The van der Waals surface area contributed by atoms with Crippen LogP contribution in [-0.2, 0) is 9.84 Å². The molecular weight excluding hydrogens is 376 g/mol. The van der Waals surface area contributed by atoms with Gasteiger partial charge in [0.25, 0.3) is 0 Å². The lowest BCUT2D eigenvalue weighted by Crippen LogP contribution is -2.43. The van der Waals surface area contributed by atoms with Crippen LogP contribution in [0.2, 0.25) is 0 Å². The lowest BCUT2D eigenvalue weighted by molar-refractivity contribution is 0.145. The quantitative estimate of drug-likeness (QED) is 0.279. The van der Waals surface area contributed by atoms with E-state index in [1.807, 2.05) is 0 Å². The van der Waals surface area contributed by atoms with Crippen LogP contribution in [0.1, 0.15) is 136 Å². The molecule has 2 saturated carbocycles. The van der Waals surface area contributed by atoms with Crippen LogP contribution in [0.25, 0.3) is 0 Å². The van der Waals surface area contributed by atoms with Crippen molar-refractivity contribution in [1.29, 1.82) is 0 Å². The number of sulfone groups is 1. The maximum atomic E-state index is 12.7. The van der Waals surface area contributed by atoms with E-state index in [-0.39, 0.29) is 0 Å². The molecular formula is C26H50O2S. The lowest BCUT2D eigenvalue weighted by Gasteiger charge is -2.43. The van der Waals surface area contributed by atoms with Crippen molar-refractivity contribution < 1.29 is 8.42 Å². The maximum absolute atomic E-state index is 12.7. The van der Waals surface area contributed by atoms with Gasteiger partial charge in [0.15, 0.2) is 9.84 Å². The van der Waals surface area contributed by atoms with Crippen molar-refractivity contribution in [3.63, 3.8) is 0 Å². The Kier molecular flexibility index (Phi) is 11.1. The van der Waals surface area contributed by atoms with Crippen molar-refractivity contribution in [3.05, 3.63) is 0 Å². The van der Waals surface area contributed by atoms with E-state index >= 15 is 0 Å². The Labute approximate surface area is 182 Å². The van der Waals surface area contributed by atoms with Gasteiger partial charge in [-0.25, -0.2) is 8.42 Å². The molecule has 29 heavy (non-hydrogen) atoms. The highest BCUT2D eigenvalue weighted by molar-refractivity contribution is 7.92. The van der Waals surface area contributed by atoms with Gasteiger partial charge in [-0.3, -0.25) is 0 Å². The fourth-order valence-electron chi connectivity index (χ4n) is 6.30. The first kappa shape index (κ1) is 25.2. The minimum Gasteiger partial charge on any atom is -0.229 e. The number of unbranched alkanes of at least 4 members (excludes halogenated alkanes) is 7. The molecule has 0 amide bonds. The van der Waals surface area contributed by atoms with Crippen LogP contribution in [0.3, 0.4) is 0 Å². The number of hydrogen-bond donors (Lipinski definition) is 0. The summed E-state index contributed by atoms with van der Waals surface area (Å²) in [6.45, 7) is 4.51. The molecule has 0 spiro atoms. The first-order chi connectivity index (χ1) is 13.9. The molecule has 0 aromatic carbocycles. The first-order valence-corrected chi connectivity index (χ1v) is 15.0. The second-order valence-electron chi connectivity index (χ2n) is 10.6.